The maximum atomic E-state index is 11.7. The normalized spacial score (nSPS) is 17.2. The first-order valence-corrected chi connectivity index (χ1v) is 14.2. The van der Waals surface area contributed by atoms with E-state index in [9.17, 15) is 34.7 Å². The summed E-state index contributed by atoms with van der Waals surface area (Å²) < 4.78 is 11.9. The quantitative estimate of drug-likeness (QED) is 0.107. The summed E-state index contributed by atoms with van der Waals surface area (Å²) in [4.78, 5) is 46.9. The van der Waals surface area contributed by atoms with Crippen molar-refractivity contribution in [1.29, 1.82) is 5.26 Å². The number of nitrogens with zero attached hydrogens (tertiary/aromatic N) is 3. The van der Waals surface area contributed by atoms with E-state index in [-0.39, 0.29) is 25.1 Å². The molecule has 0 unspecified atom stereocenters. The Bertz CT molecular complexity index is 1720. The number of carbonyl (C=O) groups is 4. The van der Waals surface area contributed by atoms with Crippen molar-refractivity contribution in [2.75, 3.05) is 24.6 Å². The van der Waals surface area contributed by atoms with Gasteiger partial charge in [-0.2, -0.15) is 9.84 Å². The predicted octanol–water partition coefficient (Wildman–Crippen LogP) is 4.63. The molecule has 0 saturated heterocycles. The maximum absolute atomic E-state index is 11.7. The lowest BCUT2D eigenvalue weighted by molar-refractivity contribution is -0.436. The Morgan fingerprint density at radius 2 is 1.78 bits per heavy atom. The van der Waals surface area contributed by atoms with Crippen LogP contribution in [0.15, 0.2) is 72.0 Å². The second-order valence-corrected chi connectivity index (χ2v) is 11.6. The minimum atomic E-state index is -1.04. The second-order valence-electron chi connectivity index (χ2n) is 11.6. The van der Waals surface area contributed by atoms with Crippen LogP contribution < -0.4 is 9.64 Å². The summed E-state index contributed by atoms with van der Waals surface area (Å²) in [6, 6.07) is 12.3. The lowest BCUT2D eigenvalue weighted by atomic mass is 9.81. The summed E-state index contributed by atoms with van der Waals surface area (Å²) in [5.41, 5.74) is 3.95. The molecule has 45 heavy (non-hydrogen) atoms. The van der Waals surface area contributed by atoms with Gasteiger partial charge in [-0.15, -0.1) is 0 Å². The zero-order chi connectivity index (χ0) is 32.9. The van der Waals surface area contributed by atoms with Gasteiger partial charge in [0, 0.05) is 34.5 Å². The number of allylic oxidation sites excluding steroid dienone is 6. The largest absolute Gasteiger partial charge is 0.481 e. The molecule has 0 radical (unpaired) electrons. The fourth-order valence-electron chi connectivity index (χ4n) is 5.94. The number of fused-ring (bicyclic) bond motifs is 2. The lowest BCUT2D eigenvalue weighted by Crippen LogP contribution is -2.29. The van der Waals surface area contributed by atoms with E-state index in [0.29, 0.717) is 30.8 Å². The van der Waals surface area contributed by atoms with Crippen LogP contribution in [-0.4, -0.2) is 65.1 Å². The minimum absolute atomic E-state index is 0.103. The highest BCUT2D eigenvalue weighted by atomic mass is 16.5. The van der Waals surface area contributed by atoms with Crippen LogP contribution in [0.5, 0.6) is 5.75 Å². The van der Waals surface area contributed by atoms with Crippen molar-refractivity contribution in [2.24, 2.45) is 0 Å². The van der Waals surface area contributed by atoms with Crippen LogP contribution in [0.1, 0.15) is 55.6 Å². The minimum Gasteiger partial charge on any atom is -0.481 e. The SMILES string of the molecule is CC1(C)C(/C=C/C(C#N)=C/C=C2/N(CCOC=O)c3ccc(C(=O)O)cc3C2(C)C)=[N+](CCC(=O)O)c2ccc(OC=O)cc21. The van der Waals surface area contributed by atoms with E-state index < -0.39 is 22.8 Å². The zero-order valence-corrected chi connectivity index (χ0v) is 25.4. The number of ether oxygens (including phenoxy) is 2. The monoisotopic (exact) mass is 612 g/mol. The maximum Gasteiger partial charge on any atom is 0.335 e. The van der Waals surface area contributed by atoms with Gasteiger partial charge in [-0.1, -0.05) is 13.8 Å². The van der Waals surface area contributed by atoms with E-state index in [0.717, 1.165) is 33.9 Å². The first kappa shape index (κ1) is 32.4. The molecule has 0 aromatic heterocycles. The molecule has 0 spiro atoms. The van der Waals surface area contributed by atoms with Gasteiger partial charge in [-0.25, -0.2) is 4.79 Å². The van der Waals surface area contributed by atoms with Crippen molar-refractivity contribution in [3.8, 4) is 11.8 Å². The Morgan fingerprint density at radius 1 is 1.02 bits per heavy atom. The van der Waals surface area contributed by atoms with Crippen LogP contribution in [0.3, 0.4) is 0 Å². The Kier molecular flexibility index (Phi) is 9.37. The number of hydrogen-bond acceptors (Lipinski definition) is 8. The molecule has 0 amide bonds. The predicted molar refractivity (Wildman–Crippen MR) is 165 cm³/mol. The average molecular weight is 613 g/mol. The summed E-state index contributed by atoms with van der Waals surface area (Å²) in [5, 5.41) is 29.0. The number of carboxylic acids is 2. The summed E-state index contributed by atoms with van der Waals surface area (Å²) in [5.74, 6) is -1.63. The molecule has 2 aromatic rings. The highest BCUT2D eigenvalue weighted by Gasteiger charge is 2.45. The first-order valence-electron chi connectivity index (χ1n) is 14.2. The van der Waals surface area contributed by atoms with Gasteiger partial charge in [-0.05, 0) is 68.0 Å². The number of nitriles is 1. The molecular formula is C34H34N3O8+. The van der Waals surface area contributed by atoms with Crippen molar-refractivity contribution < 1.29 is 43.4 Å². The molecule has 0 bridgehead atoms. The smallest absolute Gasteiger partial charge is 0.335 e. The van der Waals surface area contributed by atoms with Gasteiger partial charge >= 0.3 is 11.9 Å². The number of aromatic carboxylic acids is 1. The topological polar surface area (TPSA) is 157 Å². The van der Waals surface area contributed by atoms with Gasteiger partial charge in [-0.3, -0.25) is 14.4 Å². The molecule has 232 valence electrons. The van der Waals surface area contributed by atoms with E-state index in [1.165, 1.54) is 6.07 Å². The average Bonchev–Trinajstić information content (AvgIpc) is 3.34. The fourth-order valence-corrected chi connectivity index (χ4v) is 5.94. The van der Waals surface area contributed by atoms with E-state index in [1.54, 1.807) is 54.6 Å². The summed E-state index contributed by atoms with van der Waals surface area (Å²) >= 11 is 0. The Balaban J connectivity index is 1.75. The van der Waals surface area contributed by atoms with Crippen molar-refractivity contribution in [2.45, 2.75) is 44.9 Å². The number of aliphatic carboxylic acids is 1. The lowest BCUT2D eigenvalue weighted by Gasteiger charge is -2.26. The molecule has 2 heterocycles. The van der Waals surface area contributed by atoms with Crippen LogP contribution in [0.4, 0.5) is 11.4 Å². The second kappa shape index (κ2) is 13.0. The van der Waals surface area contributed by atoms with Gasteiger partial charge < -0.3 is 24.6 Å². The van der Waals surface area contributed by atoms with Gasteiger partial charge in [0.25, 0.3) is 12.9 Å². The van der Waals surface area contributed by atoms with Crippen molar-refractivity contribution in [3.63, 3.8) is 0 Å². The molecule has 2 aromatic carbocycles. The summed E-state index contributed by atoms with van der Waals surface area (Å²) in [7, 11) is 0. The molecule has 2 aliphatic rings. The number of carbonyl (C=O) groups excluding carboxylic acids is 2. The van der Waals surface area contributed by atoms with E-state index in [1.807, 2.05) is 37.2 Å². The van der Waals surface area contributed by atoms with Crippen LogP contribution >= 0.6 is 0 Å². The molecule has 0 fully saturated rings. The fraction of sp³-hybridized carbons (Fsp3) is 0.294. The van der Waals surface area contributed by atoms with Crippen LogP contribution in [0, 0.1) is 11.3 Å². The van der Waals surface area contributed by atoms with Crippen molar-refractivity contribution in [1.82, 2.24) is 0 Å². The third-order valence-electron chi connectivity index (χ3n) is 8.21. The van der Waals surface area contributed by atoms with Crippen molar-refractivity contribution >= 4 is 42.0 Å². The van der Waals surface area contributed by atoms with Crippen molar-refractivity contribution in [3.05, 3.63) is 88.7 Å². The molecule has 2 N–H and O–H groups in total. The molecule has 11 nitrogen and oxygen atoms in total. The van der Waals surface area contributed by atoms with Gasteiger partial charge in [0.1, 0.15) is 18.8 Å². The number of benzene rings is 2. The third-order valence-corrected chi connectivity index (χ3v) is 8.21. The molecule has 2 aliphatic heterocycles. The number of hydrogen-bond donors (Lipinski definition) is 2. The van der Waals surface area contributed by atoms with Crippen LogP contribution in [-0.2, 0) is 30.0 Å². The summed E-state index contributed by atoms with van der Waals surface area (Å²) in [6.45, 7) is 9.18. The first-order chi connectivity index (χ1) is 21.4. The highest BCUT2D eigenvalue weighted by Crippen LogP contribution is 2.48. The van der Waals surface area contributed by atoms with E-state index >= 15 is 0 Å². The number of anilines is 1. The van der Waals surface area contributed by atoms with Crippen LogP contribution in [0.25, 0.3) is 0 Å². The van der Waals surface area contributed by atoms with Gasteiger partial charge in [0.15, 0.2) is 12.3 Å². The summed E-state index contributed by atoms with van der Waals surface area (Å²) in [6.07, 6.45) is 6.80. The number of rotatable bonds is 13. The molecule has 11 heteroatoms. The molecule has 0 atom stereocenters. The Hall–Kier alpha value is -5.50. The molecule has 4 rings (SSSR count). The van der Waals surface area contributed by atoms with Gasteiger partial charge in [0.2, 0.25) is 5.69 Å². The van der Waals surface area contributed by atoms with Gasteiger partial charge in [0.05, 0.1) is 29.2 Å². The highest BCUT2D eigenvalue weighted by molar-refractivity contribution is 6.03. The molecular weight excluding hydrogens is 578 g/mol. The number of carboxylic acid groups (broad SMARTS) is 2. The zero-order valence-electron chi connectivity index (χ0n) is 25.4. The molecule has 0 saturated carbocycles. The standard InChI is InChI=1S/C34H33N3O8/c1-33(2)25-17-23(32(42)43)7-9-27(25)37(15-16-44-20-38)30(33)12-6-22(19-35)5-11-29-34(3,4)26-18-24(45-21-39)8-10-28(26)36(29)14-13-31(40)41/h5-12,17-18,20-21H,13-16H2,1-4H3,(H-,40,41,42,43)/p+1. The Labute approximate surface area is 260 Å². The Morgan fingerprint density at radius 3 is 2.42 bits per heavy atom. The van der Waals surface area contributed by atoms with E-state index in [4.69, 9.17) is 9.47 Å². The van der Waals surface area contributed by atoms with E-state index in [2.05, 4.69) is 6.07 Å². The van der Waals surface area contributed by atoms with Crippen LogP contribution in [0.2, 0.25) is 0 Å². The third kappa shape index (κ3) is 6.40. The molecule has 0 aliphatic carbocycles.